The van der Waals surface area contributed by atoms with E-state index < -0.39 is 60.1 Å². The Bertz CT molecular complexity index is 3700. The molecule has 13 rings (SSSR count). The zero-order valence-electron chi connectivity index (χ0n) is 61.8. The van der Waals surface area contributed by atoms with Crippen LogP contribution in [0.5, 0.6) is 11.5 Å². The smallest absolute Gasteiger partial charge is 0.253 e. The molecule has 6 aliphatic carbocycles. The molecule has 9 aliphatic rings. The number of rotatable bonds is 27. The van der Waals surface area contributed by atoms with E-state index in [0.717, 1.165) is 52.2 Å². The van der Waals surface area contributed by atoms with Crippen LogP contribution in [0, 0.1) is 58.2 Å². The molecule has 4 aromatic carbocycles. The molecule has 556 valence electrons. The lowest BCUT2D eigenvalue weighted by Gasteiger charge is -2.62. The van der Waals surface area contributed by atoms with Gasteiger partial charge in [-0.25, -0.2) is 0 Å². The molecule has 9 N–H and O–H groups in total. The van der Waals surface area contributed by atoms with Gasteiger partial charge in [-0.05, 0) is 140 Å². The number of amides is 6. The highest BCUT2D eigenvalue weighted by Crippen LogP contribution is 2.62. The summed E-state index contributed by atoms with van der Waals surface area (Å²) in [5.41, 5.74) is 7.31. The highest BCUT2D eigenvalue weighted by Gasteiger charge is 2.59. The first-order valence-electron chi connectivity index (χ1n) is 36.3. The van der Waals surface area contributed by atoms with Gasteiger partial charge in [-0.15, -0.1) is 0 Å². The van der Waals surface area contributed by atoms with Gasteiger partial charge in [0.2, 0.25) is 11.8 Å². The van der Waals surface area contributed by atoms with E-state index in [1.807, 2.05) is 79.7 Å². The van der Waals surface area contributed by atoms with Gasteiger partial charge in [0, 0.05) is 128 Å². The third-order valence-electron chi connectivity index (χ3n) is 23.9. The Morgan fingerprint density at radius 1 is 0.647 bits per heavy atom. The van der Waals surface area contributed by atoms with Crippen molar-refractivity contribution in [2.75, 3.05) is 91.2 Å². The Morgan fingerprint density at radius 3 is 1.49 bits per heavy atom. The fraction of sp³-hybridized carbons (Fsp3) is 0.590. The van der Waals surface area contributed by atoms with Crippen LogP contribution < -0.4 is 40.5 Å². The van der Waals surface area contributed by atoms with Gasteiger partial charge in [-0.2, -0.15) is 10.1 Å². The predicted octanol–water partition coefficient (Wildman–Crippen LogP) is 6.33. The summed E-state index contributed by atoms with van der Waals surface area (Å²) in [6, 6.07) is 20.8. The number of methoxy groups -OCH3 is 2. The van der Waals surface area contributed by atoms with Gasteiger partial charge in [0.1, 0.15) is 35.8 Å². The van der Waals surface area contributed by atoms with Crippen molar-refractivity contribution in [2.45, 2.75) is 156 Å². The standard InChI is InChI=1S/C40H53N5O8.C38H56N4O7/c1-22-30-18-27(40(30,3)4)19-31(22)42-39(51)36-35(23(2)47)32(21-46)53-45(36)20-24-9-8-10-29(37(24)52-7)25-15-26(17-28(16-25)43(5)6)38(50)41-13-14-44-33(48)11-12-34(44)49;1-8-12-41(13-14-43)28-16-25(15-26(17-28)36(46)39-6)29-11-9-10-24(35(29)48-7)20-42-34(33(23(3)45)32(21-44)49-42)37(47)40-31-19-27-18-30(22(31)2)38(27,4)5/h8-12,15-17,22-23,27,30-32,35-36,46-47H,13-14,18-21H2,1-7H3,(H,41,50)(H,42,51);9-11,15-17,22-23,27,30-34,43-45H,8,12-14,18-21H2,1-7H3,(H,39,46)(H,40,47)/t22-,23-,27+,30-,31-,32-,35+,36-;22-,23-,27+,30-,31-,32-,33+,34-/m00/s1. The number of nitrogens with one attached hydrogen (secondary N) is 4. The third-order valence-corrected chi connectivity index (χ3v) is 23.9. The fourth-order valence-electron chi connectivity index (χ4n) is 17.8. The van der Waals surface area contributed by atoms with Crippen LogP contribution in [0.2, 0.25) is 0 Å². The van der Waals surface area contributed by atoms with Crippen molar-refractivity contribution in [3.8, 4) is 33.8 Å². The second-order valence-corrected chi connectivity index (χ2v) is 30.6. The molecule has 2 saturated heterocycles. The number of aliphatic hydroxyl groups excluding tert-OH is 5. The number of fused-ring (bicyclic) bond motifs is 4. The van der Waals surface area contributed by atoms with Crippen molar-refractivity contribution in [1.29, 1.82) is 0 Å². The quantitative estimate of drug-likeness (QED) is 0.0294. The third kappa shape index (κ3) is 15.5. The van der Waals surface area contributed by atoms with Gasteiger partial charge in [0.05, 0.1) is 59.3 Å². The van der Waals surface area contributed by atoms with Gasteiger partial charge >= 0.3 is 0 Å². The number of aliphatic hydroxyl groups is 5. The van der Waals surface area contributed by atoms with Gasteiger partial charge < -0.3 is 66.1 Å². The first kappa shape index (κ1) is 77.1. The van der Waals surface area contributed by atoms with Crippen molar-refractivity contribution in [1.82, 2.24) is 36.3 Å². The molecule has 102 heavy (non-hydrogen) atoms. The number of benzene rings is 4. The van der Waals surface area contributed by atoms with Crippen molar-refractivity contribution in [2.24, 2.45) is 58.2 Å². The number of ether oxygens (including phenoxy) is 2. The Morgan fingerprint density at radius 2 is 1.10 bits per heavy atom. The Hall–Kier alpha value is -7.52. The summed E-state index contributed by atoms with van der Waals surface area (Å²) in [6.45, 7) is 19.9. The molecule has 8 fully saturated rings. The molecule has 0 radical (unpaired) electrons. The number of para-hydroxylation sites is 2. The van der Waals surface area contributed by atoms with Crippen LogP contribution in [0.1, 0.15) is 126 Å². The summed E-state index contributed by atoms with van der Waals surface area (Å²) < 4.78 is 12.0. The van der Waals surface area contributed by atoms with E-state index in [1.54, 1.807) is 57.4 Å². The number of hydroxylamine groups is 4. The van der Waals surface area contributed by atoms with Crippen molar-refractivity contribution >= 4 is 46.8 Å². The molecule has 0 spiro atoms. The lowest BCUT2D eigenvalue weighted by atomic mass is 9.45. The maximum atomic E-state index is 14.2. The van der Waals surface area contributed by atoms with E-state index >= 15 is 0 Å². The molecule has 6 amide bonds. The fourth-order valence-corrected chi connectivity index (χ4v) is 17.8. The van der Waals surface area contributed by atoms with Crippen LogP contribution >= 0.6 is 0 Å². The van der Waals surface area contributed by atoms with E-state index in [9.17, 15) is 54.3 Å². The van der Waals surface area contributed by atoms with Gasteiger partial charge in [-0.1, -0.05) is 84.9 Å². The van der Waals surface area contributed by atoms with Crippen LogP contribution in [-0.2, 0) is 41.9 Å². The molecule has 16 atom stereocenters. The summed E-state index contributed by atoms with van der Waals surface area (Å²) in [7, 11) is 8.48. The summed E-state index contributed by atoms with van der Waals surface area (Å²) in [5.74, 6) is 0.732. The van der Waals surface area contributed by atoms with Gasteiger partial charge in [-0.3, -0.25) is 43.3 Å². The zero-order chi connectivity index (χ0) is 74.0. The molecule has 4 aromatic rings. The number of carbonyl (C=O) groups is 6. The molecule has 4 bridgehead atoms. The number of anilines is 2. The largest absolute Gasteiger partial charge is 0.496 e. The Balaban J connectivity index is 0.000000220. The van der Waals surface area contributed by atoms with E-state index in [0.29, 0.717) is 87.9 Å². The monoisotopic (exact) mass is 1410 g/mol. The highest BCUT2D eigenvalue weighted by atomic mass is 16.7. The molecule has 6 saturated carbocycles. The average Bonchev–Trinajstić information content (AvgIpc) is 0.922. The molecule has 3 heterocycles. The van der Waals surface area contributed by atoms with Crippen LogP contribution in [0.15, 0.2) is 84.9 Å². The highest BCUT2D eigenvalue weighted by molar-refractivity contribution is 6.13. The van der Waals surface area contributed by atoms with Crippen molar-refractivity contribution < 1.29 is 73.4 Å². The first-order chi connectivity index (χ1) is 48.5. The predicted molar refractivity (Wildman–Crippen MR) is 387 cm³/mol. The number of nitrogens with zero attached hydrogens (tertiary/aromatic N) is 5. The Kier molecular flexibility index (Phi) is 24.4. The van der Waals surface area contributed by atoms with Gasteiger partial charge in [0.15, 0.2) is 0 Å². The summed E-state index contributed by atoms with van der Waals surface area (Å²) in [5, 5.41) is 67.5. The topological polar surface area (TPSA) is 305 Å². The maximum Gasteiger partial charge on any atom is 0.253 e. The summed E-state index contributed by atoms with van der Waals surface area (Å²) in [4.78, 5) is 96.0. The van der Waals surface area contributed by atoms with E-state index in [1.165, 1.54) is 25.0 Å². The van der Waals surface area contributed by atoms with Crippen LogP contribution in [0.4, 0.5) is 11.4 Å². The number of imide groups is 1. The number of hydrogen-bond donors (Lipinski definition) is 9. The number of carbonyl (C=O) groups excluding carboxylic acids is 6. The molecule has 24 nitrogen and oxygen atoms in total. The molecular weight excluding hydrogens is 1300 g/mol. The van der Waals surface area contributed by atoms with E-state index in [2.05, 4.69) is 74.6 Å². The van der Waals surface area contributed by atoms with Gasteiger partial charge in [0.25, 0.3) is 23.6 Å². The minimum atomic E-state index is -0.927. The normalized spacial score (nSPS) is 28.0. The average molecular weight is 1410 g/mol. The minimum absolute atomic E-state index is 0.0133. The lowest BCUT2D eigenvalue weighted by Crippen LogP contribution is -2.62. The van der Waals surface area contributed by atoms with Crippen molar-refractivity contribution in [3.05, 3.63) is 107 Å². The minimum Gasteiger partial charge on any atom is -0.496 e. The van der Waals surface area contributed by atoms with Crippen LogP contribution in [-0.4, -0.2) is 206 Å². The molecule has 0 unspecified atom stereocenters. The molecule has 24 heteroatoms. The van der Waals surface area contributed by atoms with Crippen LogP contribution in [0.3, 0.4) is 0 Å². The maximum absolute atomic E-state index is 14.2. The second-order valence-electron chi connectivity index (χ2n) is 30.6. The van der Waals surface area contributed by atoms with Crippen LogP contribution in [0.25, 0.3) is 22.3 Å². The molecule has 3 aliphatic heterocycles. The molecule has 0 aromatic heterocycles. The Labute approximate surface area is 600 Å². The summed E-state index contributed by atoms with van der Waals surface area (Å²) in [6.07, 6.45) is 4.12. The lowest BCUT2D eigenvalue weighted by molar-refractivity contribution is -0.183. The molecular formula is C78H109N9O15. The van der Waals surface area contributed by atoms with Crippen molar-refractivity contribution in [3.63, 3.8) is 0 Å². The SMILES string of the molecule is CCCN(CCO)c1cc(C(=O)NC)cc(-c2cccc(CN3O[C@@H](CO)[C@@H]([C@H](C)O)[C@H]3C(=O)N[C@H]3C[C@H]4C[C@@H]([C@@H]3C)C4(C)C)c2OC)c1.COc1c(CN2O[C@@H](CO)[C@@H]([C@H](C)O)[C@H]2C(=O)N[C@H]2C[C@H]3C[C@@H]([C@@H]2C)C3(C)C)cccc1-c1cc(C(=O)NCCN2C(=O)C=CC2=O)cc(N(C)C)c1. The van der Waals surface area contributed by atoms with E-state index in [-0.39, 0.29) is 92.5 Å². The second kappa shape index (κ2) is 32.2. The first-order valence-corrected chi connectivity index (χ1v) is 36.3. The number of hydrogen-bond acceptors (Lipinski definition) is 19. The van der Waals surface area contributed by atoms with E-state index in [4.69, 9.17) is 19.1 Å². The zero-order valence-corrected chi connectivity index (χ0v) is 61.8. The summed E-state index contributed by atoms with van der Waals surface area (Å²) >= 11 is 0.